The number of methoxy groups -OCH3 is 1. The van der Waals surface area contributed by atoms with Crippen LogP contribution in [0.15, 0.2) is 16.8 Å². The van der Waals surface area contributed by atoms with Gasteiger partial charge in [0.25, 0.3) is 0 Å². The lowest BCUT2D eigenvalue weighted by molar-refractivity contribution is -0.141. The molecule has 2 saturated heterocycles. The average Bonchev–Trinajstić information content (AvgIpc) is 3.12. The molecule has 6 heteroatoms. The summed E-state index contributed by atoms with van der Waals surface area (Å²) in [6.07, 6.45) is 0. The van der Waals surface area contributed by atoms with Gasteiger partial charge in [-0.2, -0.15) is 11.3 Å². The molecule has 0 radical (unpaired) electrons. The third kappa shape index (κ3) is 2.39. The van der Waals surface area contributed by atoms with Crippen LogP contribution in [-0.2, 0) is 20.9 Å². The first-order valence-corrected chi connectivity index (χ1v) is 7.72. The molecule has 2 atom stereocenters. The molecule has 1 aromatic rings. The molecule has 0 spiro atoms. The van der Waals surface area contributed by atoms with Gasteiger partial charge in [0.2, 0.25) is 11.8 Å². The summed E-state index contributed by atoms with van der Waals surface area (Å²) in [5, 5.41) is 4.16. The molecule has 2 aliphatic rings. The number of imide groups is 1. The van der Waals surface area contributed by atoms with E-state index in [0.29, 0.717) is 26.2 Å². The van der Waals surface area contributed by atoms with Crippen molar-refractivity contribution < 1.29 is 14.3 Å². The van der Waals surface area contributed by atoms with Crippen LogP contribution in [0.5, 0.6) is 0 Å². The summed E-state index contributed by atoms with van der Waals surface area (Å²) in [5.41, 5.74) is 1.26. The molecule has 0 N–H and O–H groups in total. The Balaban J connectivity index is 1.63. The smallest absolute Gasteiger partial charge is 0.234 e. The number of nitrogens with zero attached hydrogens (tertiary/aromatic N) is 2. The zero-order chi connectivity index (χ0) is 14.1. The second-order valence-corrected chi connectivity index (χ2v) is 6.14. The number of carbonyl (C=O) groups excluding carboxylic acids is 2. The normalized spacial score (nSPS) is 26.6. The van der Waals surface area contributed by atoms with Gasteiger partial charge in [0, 0.05) is 26.7 Å². The fourth-order valence-corrected chi connectivity index (χ4v) is 3.73. The number of amides is 2. The second-order valence-electron chi connectivity index (χ2n) is 5.36. The van der Waals surface area contributed by atoms with Crippen molar-refractivity contribution in [2.45, 2.75) is 6.54 Å². The molecule has 3 heterocycles. The Hall–Kier alpha value is -1.24. The number of hydrogen-bond acceptors (Lipinski definition) is 5. The fraction of sp³-hybridized carbons (Fsp3) is 0.571. The van der Waals surface area contributed by atoms with E-state index in [4.69, 9.17) is 4.74 Å². The van der Waals surface area contributed by atoms with Crippen LogP contribution in [0.4, 0.5) is 0 Å². The monoisotopic (exact) mass is 294 g/mol. The number of likely N-dealkylation sites (tertiary alicyclic amines) is 2. The van der Waals surface area contributed by atoms with Gasteiger partial charge in [0.1, 0.15) is 0 Å². The largest absolute Gasteiger partial charge is 0.383 e. The fourth-order valence-electron chi connectivity index (χ4n) is 3.07. The standard InChI is InChI=1S/C14H18N2O3S/c1-19-4-3-16-13(17)11-7-15(8-12(11)14(16)18)6-10-2-5-20-9-10/h2,5,9,11-12H,3-4,6-8H2,1H3. The summed E-state index contributed by atoms with van der Waals surface area (Å²) in [7, 11) is 1.58. The first kappa shape index (κ1) is 13.7. The highest BCUT2D eigenvalue weighted by Crippen LogP contribution is 2.34. The molecule has 0 aliphatic carbocycles. The van der Waals surface area contributed by atoms with Crippen molar-refractivity contribution >= 4 is 23.2 Å². The lowest BCUT2D eigenvalue weighted by Crippen LogP contribution is -2.37. The number of rotatable bonds is 5. The number of fused-ring (bicyclic) bond motifs is 1. The molecule has 2 aliphatic heterocycles. The highest BCUT2D eigenvalue weighted by molar-refractivity contribution is 7.07. The number of thiophene rings is 1. The average molecular weight is 294 g/mol. The van der Waals surface area contributed by atoms with Gasteiger partial charge in [-0.05, 0) is 22.4 Å². The van der Waals surface area contributed by atoms with E-state index in [9.17, 15) is 9.59 Å². The van der Waals surface area contributed by atoms with E-state index in [1.807, 2.05) is 0 Å². The van der Waals surface area contributed by atoms with E-state index >= 15 is 0 Å². The first-order valence-electron chi connectivity index (χ1n) is 6.78. The molecular formula is C14H18N2O3S. The zero-order valence-corrected chi connectivity index (χ0v) is 12.3. The summed E-state index contributed by atoms with van der Waals surface area (Å²) in [5.74, 6) is -0.356. The van der Waals surface area contributed by atoms with E-state index < -0.39 is 0 Å². The topological polar surface area (TPSA) is 49.9 Å². The van der Waals surface area contributed by atoms with Gasteiger partial charge in [-0.1, -0.05) is 0 Å². The summed E-state index contributed by atoms with van der Waals surface area (Å²) < 4.78 is 4.96. The quantitative estimate of drug-likeness (QED) is 0.754. The van der Waals surface area contributed by atoms with Crippen LogP contribution >= 0.6 is 11.3 Å². The van der Waals surface area contributed by atoms with Crippen LogP contribution < -0.4 is 0 Å². The molecule has 2 unspecified atom stereocenters. The van der Waals surface area contributed by atoms with Gasteiger partial charge >= 0.3 is 0 Å². The van der Waals surface area contributed by atoms with Crippen molar-refractivity contribution in [2.75, 3.05) is 33.4 Å². The maximum Gasteiger partial charge on any atom is 0.234 e. The van der Waals surface area contributed by atoms with E-state index in [2.05, 4.69) is 21.7 Å². The molecule has 5 nitrogen and oxygen atoms in total. The number of hydrogen-bond donors (Lipinski definition) is 0. The SMILES string of the molecule is COCCN1C(=O)C2CN(Cc3ccsc3)CC2C1=O. The van der Waals surface area contributed by atoms with Crippen molar-refractivity contribution in [1.82, 2.24) is 9.80 Å². The molecule has 0 bridgehead atoms. The van der Waals surface area contributed by atoms with E-state index in [0.717, 1.165) is 6.54 Å². The lowest BCUT2D eigenvalue weighted by atomic mass is 10.00. The third-order valence-electron chi connectivity index (χ3n) is 4.07. The van der Waals surface area contributed by atoms with E-state index in [1.165, 1.54) is 10.5 Å². The zero-order valence-electron chi connectivity index (χ0n) is 11.4. The summed E-state index contributed by atoms with van der Waals surface area (Å²) >= 11 is 1.67. The summed E-state index contributed by atoms with van der Waals surface area (Å²) in [6.45, 7) is 3.00. The summed E-state index contributed by atoms with van der Waals surface area (Å²) in [4.78, 5) is 28.1. The van der Waals surface area contributed by atoms with Crippen molar-refractivity contribution in [3.63, 3.8) is 0 Å². The Morgan fingerprint density at radius 1 is 1.30 bits per heavy atom. The molecule has 0 aromatic carbocycles. The van der Waals surface area contributed by atoms with Crippen LogP contribution in [0.1, 0.15) is 5.56 Å². The third-order valence-corrected chi connectivity index (χ3v) is 4.80. The first-order chi connectivity index (χ1) is 9.70. The van der Waals surface area contributed by atoms with E-state index in [-0.39, 0.29) is 23.7 Å². The molecule has 108 valence electrons. The van der Waals surface area contributed by atoms with Crippen molar-refractivity contribution in [3.05, 3.63) is 22.4 Å². The molecule has 20 heavy (non-hydrogen) atoms. The van der Waals surface area contributed by atoms with Gasteiger partial charge in [-0.15, -0.1) is 0 Å². The highest BCUT2D eigenvalue weighted by atomic mass is 32.1. The van der Waals surface area contributed by atoms with Gasteiger partial charge in [0.05, 0.1) is 25.0 Å². The molecule has 2 amide bonds. The van der Waals surface area contributed by atoms with E-state index in [1.54, 1.807) is 18.4 Å². The Bertz CT molecular complexity index is 479. The molecule has 0 saturated carbocycles. The van der Waals surface area contributed by atoms with Crippen LogP contribution in [0.2, 0.25) is 0 Å². The van der Waals surface area contributed by atoms with Gasteiger partial charge in [-0.25, -0.2) is 0 Å². The molecule has 1 aromatic heterocycles. The van der Waals surface area contributed by atoms with Gasteiger partial charge < -0.3 is 4.74 Å². The summed E-state index contributed by atoms with van der Waals surface area (Å²) in [6, 6.07) is 2.09. The van der Waals surface area contributed by atoms with Crippen LogP contribution in [0.25, 0.3) is 0 Å². The minimum Gasteiger partial charge on any atom is -0.383 e. The van der Waals surface area contributed by atoms with Crippen molar-refractivity contribution in [3.8, 4) is 0 Å². The minimum atomic E-state index is -0.155. The minimum absolute atomic E-state index is 0.0233. The Morgan fingerprint density at radius 3 is 2.55 bits per heavy atom. The predicted molar refractivity (Wildman–Crippen MR) is 75.2 cm³/mol. The highest BCUT2D eigenvalue weighted by Gasteiger charge is 2.51. The van der Waals surface area contributed by atoms with Crippen molar-refractivity contribution in [2.24, 2.45) is 11.8 Å². The van der Waals surface area contributed by atoms with Crippen molar-refractivity contribution in [1.29, 1.82) is 0 Å². The maximum absolute atomic E-state index is 12.3. The van der Waals surface area contributed by atoms with Crippen LogP contribution in [0, 0.1) is 11.8 Å². The Kier molecular flexibility index (Phi) is 3.87. The Morgan fingerprint density at radius 2 is 2.00 bits per heavy atom. The molecule has 3 rings (SSSR count). The predicted octanol–water partition coefficient (Wildman–Crippen LogP) is 0.811. The number of ether oxygens (including phenoxy) is 1. The maximum atomic E-state index is 12.3. The second kappa shape index (κ2) is 5.63. The number of carbonyl (C=O) groups is 2. The van der Waals surface area contributed by atoms with Crippen LogP contribution in [-0.4, -0.2) is 55.0 Å². The van der Waals surface area contributed by atoms with Gasteiger partial charge in [0.15, 0.2) is 0 Å². The van der Waals surface area contributed by atoms with Crippen LogP contribution in [0.3, 0.4) is 0 Å². The molecule has 2 fully saturated rings. The lowest BCUT2D eigenvalue weighted by Gasteiger charge is -2.19. The van der Waals surface area contributed by atoms with Gasteiger partial charge in [-0.3, -0.25) is 19.4 Å². The molecular weight excluding hydrogens is 276 g/mol. The Labute approximate surface area is 122 Å².